The second-order valence-corrected chi connectivity index (χ2v) is 12.9. The number of fused-ring (bicyclic) bond motifs is 2. The molecule has 0 aliphatic heterocycles. The number of hydrogen-bond donors (Lipinski definition) is 0. The molecule has 0 atom stereocenters. The Morgan fingerprint density at radius 3 is 1.47 bits per heavy atom. The average molecular weight is 606 g/mol. The van der Waals surface area contributed by atoms with Crippen LogP contribution < -0.4 is 0 Å². The number of aryl methyl sites for hydroxylation is 4. The van der Waals surface area contributed by atoms with Crippen LogP contribution in [-0.4, -0.2) is 6.22 Å². The van der Waals surface area contributed by atoms with Crippen LogP contribution in [0.15, 0.2) is 60.7 Å². The van der Waals surface area contributed by atoms with Gasteiger partial charge in [0, 0.05) is 0 Å². The minimum atomic E-state index is 1.13. The number of unbranched alkanes of at least 4 members (excludes halogenated alkanes) is 1. The van der Waals surface area contributed by atoms with E-state index in [1.165, 1.54) is 91.9 Å². The molecule has 2 heteroatoms. The van der Waals surface area contributed by atoms with E-state index in [1.54, 1.807) is 0 Å². The molecule has 0 saturated heterocycles. The minimum Gasteiger partial charge on any atom is -0.165 e. The summed E-state index contributed by atoms with van der Waals surface area (Å²) in [7, 11) is 0. The van der Waals surface area contributed by atoms with E-state index in [0.717, 1.165) is 25.7 Å². The summed E-state index contributed by atoms with van der Waals surface area (Å²) in [6, 6.07) is 23.9. The van der Waals surface area contributed by atoms with Gasteiger partial charge in [-0.2, -0.15) is 12.1 Å². The topological polar surface area (TPSA) is 0 Å². The van der Waals surface area contributed by atoms with Crippen molar-refractivity contribution in [3.05, 3.63) is 82.9 Å². The molecule has 0 saturated carbocycles. The summed E-state index contributed by atoms with van der Waals surface area (Å²) in [5.41, 5.74) is 5.85. The molecule has 0 bridgehead atoms. The largest absolute Gasteiger partial charge is 0.165 e. The van der Waals surface area contributed by atoms with Crippen molar-refractivity contribution in [3.63, 3.8) is 0 Å². The van der Waals surface area contributed by atoms with Gasteiger partial charge in [-0.15, -0.1) is 69.1 Å². The summed E-state index contributed by atoms with van der Waals surface area (Å²) >= 11 is 1.43. The van der Waals surface area contributed by atoms with Crippen molar-refractivity contribution in [2.75, 3.05) is 0 Å². The number of rotatable bonds is 7. The maximum atomic E-state index is 2.33. The van der Waals surface area contributed by atoms with E-state index in [2.05, 4.69) is 95.3 Å². The Balaban J connectivity index is 0.000000183. The second-order valence-electron chi connectivity index (χ2n) is 8.26. The van der Waals surface area contributed by atoms with E-state index < -0.39 is 0 Å². The molecule has 0 N–H and O–H groups in total. The number of benzene rings is 2. The molecule has 4 aromatic rings. The summed E-state index contributed by atoms with van der Waals surface area (Å²) in [6.45, 7) is 11.1. The Morgan fingerprint density at radius 2 is 1.16 bits per heavy atom. The summed E-state index contributed by atoms with van der Waals surface area (Å²) in [6.07, 6.45) is 8.68. The molecule has 0 aliphatic rings. The van der Waals surface area contributed by atoms with Crippen molar-refractivity contribution >= 4 is 27.8 Å². The van der Waals surface area contributed by atoms with E-state index in [-0.39, 0.29) is 0 Å². The summed E-state index contributed by atoms with van der Waals surface area (Å²) in [5, 5.41) is 5.69. The summed E-state index contributed by atoms with van der Waals surface area (Å²) < 4.78 is 0. The maximum absolute atomic E-state index is 2.33. The quantitative estimate of drug-likeness (QED) is 0.112. The van der Waals surface area contributed by atoms with E-state index >= 15 is 0 Å². The molecule has 0 nitrogen and oxygen atoms in total. The monoisotopic (exact) mass is 607 g/mol. The fraction of sp³-hybridized carbons (Fsp3) is 0.400. The van der Waals surface area contributed by atoms with Gasteiger partial charge in [-0.3, -0.25) is 0 Å². The van der Waals surface area contributed by atoms with Crippen LogP contribution in [0.3, 0.4) is 0 Å². The first-order valence-corrected chi connectivity index (χ1v) is 18.9. The van der Waals surface area contributed by atoms with E-state index in [0.29, 0.717) is 0 Å². The van der Waals surface area contributed by atoms with Gasteiger partial charge >= 0.3 is 55.0 Å². The van der Waals surface area contributed by atoms with Gasteiger partial charge in [0.25, 0.3) is 0 Å². The maximum Gasteiger partial charge on any atom is -0.0397 e. The molecule has 4 rings (SSSR count). The van der Waals surface area contributed by atoms with Crippen molar-refractivity contribution in [2.45, 2.75) is 79.2 Å². The Labute approximate surface area is 211 Å². The molecule has 0 aromatic heterocycles. The Kier molecular flexibility index (Phi) is 12.5. The molecule has 0 aliphatic carbocycles. The minimum absolute atomic E-state index is 1.13. The van der Waals surface area contributed by atoms with Crippen molar-refractivity contribution in [1.29, 1.82) is 0 Å². The van der Waals surface area contributed by atoms with E-state index in [4.69, 9.17) is 0 Å². The molecule has 32 heavy (non-hydrogen) atoms. The van der Waals surface area contributed by atoms with Gasteiger partial charge in [0.2, 0.25) is 0 Å². The first kappa shape index (κ1) is 27.0. The second kappa shape index (κ2) is 14.8. The normalized spacial score (nSPS) is 10.5. The summed E-state index contributed by atoms with van der Waals surface area (Å²) in [4.78, 5) is 0. The third-order valence-electron chi connectivity index (χ3n) is 6.04. The fourth-order valence-electron chi connectivity index (χ4n) is 4.01. The first-order valence-electron chi connectivity index (χ1n) is 12.4. The van der Waals surface area contributed by atoms with E-state index in [9.17, 15) is 0 Å². The van der Waals surface area contributed by atoms with Gasteiger partial charge in [0.15, 0.2) is 0 Å². The SMILES string of the molecule is CCCC[Si]=[Hf+2].CCc1cc2c(CC)cccc2[cH-]1.CCc1cc2c(CC)cccc2[cH-]1. The van der Waals surface area contributed by atoms with Gasteiger partial charge in [0.1, 0.15) is 0 Å². The van der Waals surface area contributed by atoms with Gasteiger partial charge in [-0.25, -0.2) is 0 Å². The third-order valence-corrected chi connectivity index (χ3v) is 9.33. The zero-order valence-electron chi connectivity index (χ0n) is 20.7. The van der Waals surface area contributed by atoms with Crippen LogP contribution in [0.2, 0.25) is 6.04 Å². The Morgan fingerprint density at radius 1 is 0.688 bits per heavy atom. The fourth-order valence-corrected chi connectivity index (χ4v) is 6.45. The molecule has 0 fully saturated rings. The van der Waals surface area contributed by atoms with Gasteiger partial charge in [-0.05, 0) is 25.7 Å². The predicted octanol–water partition coefficient (Wildman–Crippen LogP) is 8.74. The van der Waals surface area contributed by atoms with Gasteiger partial charge < -0.3 is 0 Å². The predicted molar refractivity (Wildman–Crippen MR) is 142 cm³/mol. The average Bonchev–Trinajstić information content (AvgIpc) is 3.46. The Hall–Kier alpha value is -1.25. The van der Waals surface area contributed by atoms with Crippen LogP contribution in [-0.2, 0) is 48.7 Å². The molecule has 0 spiro atoms. The van der Waals surface area contributed by atoms with Crippen molar-refractivity contribution < 1.29 is 23.0 Å². The molecular weight excluding hydrogens is 567 g/mol. The summed E-state index contributed by atoms with van der Waals surface area (Å²) in [5.74, 6) is 0. The molecule has 4 aromatic carbocycles. The number of hydrogen-bond acceptors (Lipinski definition) is 0. The van der Waals surface area contributed by atoms with Crippen LogP contribution in [0, 0.1) is 0 Å². The van der Waals surface area contributed by atoms with Crippen LogP contribution in [0.1, 0.15) is 69.7 Å². The molecule has 0 unspecified atom stereocenters. The van der Waals surface area contributed by atoms with Gasteiger partial charge in [-0.1, -0.05) is 51.0 Å². The molecular formula is C30H39HfSi. The zero-order chi connectivity index (χ0) is 23.3. The van der Waals surface area contributed by atoms with Crippen molar-refractivity contribution in [3.8, 4) is 0 Å². The molecule has 0 amide bonds. The van der Waals surface area contributed by atoms with Crippen molar-refractivity contribution in [2.24, 2.45) is 0 Å². The van der Waals surface area contributed by atoms with E-state index in [1.807, 2.05) is 0 Å². The van der Waals surface area contributed by atoms with Crippen LogP contribution >= 0.6 is 0 Å². The smallest absolute Gasteiger partial charge is 0.0397 e. The van der Waals surface area contributed by atoms with Crippen LogP contribution in [0.5, 0.6) is 0 Å². The van der Waals surface area contributed by atoms with Gasteiger partial charge in [0.05, 0.1) is 0 Å². The van der Waals surface area contributed by atoms with Crippen molar-refractivity contribution in [1.82, 2.24) is 0 Å². The third kappa shape index (κ3) is 7.66. The van der Waals surface area contributed by atoms with Crippen LogP contribution in [0.25, 0.3) is 21.5 Å². The molecule has 167 valence electrons. The Bertz CT molecular complexity index is 1000. The standard InChI is InChI=1S/2C13H15.C4H9Si.Hf/c2*1-3-10-8-12-7-5-6-11(4-2)13(12)9-10;1-2-3-4-5;/h2*5-9H,3-4H2,1-2H3;2-4H2,1H3;/q2*-1;;+2. The van der Waals surface area contributed by atoms with Crippen LogP contribution in [0.4, 0.5) is 0 Å². The first-order chi connectivity index (χ1) is 15.6. The molecule has 0 heterocycles. The zero-order valence-corrected chi connectivity index (χ0v) is 25.3. The molecule has 1 radical (unpaired) electrons.